The smallest absolute Gasteiger partial charge is 0.166 e. The van der Waals surface area contributed by atoms with Crippen LogP contribution in [0.4, 0.5) is 0 Å². The molecular weight excluding hydrogens is 264 g/mol. The molecule has 0 bridgehead atoms. The molecule has 0 spiro atoms. The van der Waals surface area contributed by atoms with Crippen LogP contribution < -0.4 is 10.6 Å². The van der Waals surface area contributed by atoms with Gasteiger partial charge in [0.1, 0.15) is 5.15 Å². The molecule has 0 unspecified atom stereocenters. The van der Waals surface area contributed by atoms with Crippen molar-refractivity contribution < 1.29 is 4.79 Å². The van der Waals surface area contributed by atoms with Crippen LogP contribution in [0.5, 0.6) is 0 Å². The Morgan fingerprint density at radius 2 is 2.00 bits per heavy atom. The molecule has 1 aromatic heterocycles. The Hall–Kier alpha value is -1.48. The molecule has 19 heavy (non-hydrogen) atoms. The van der Waals surface area contributed by atoms with Crippen molar-refractivity contribution in [2.45, 2.75) is 12.8 Å². The molecule has 1 aliphatic rings. The SMILES string of the molecule is C1CNCCN1.N#CCCC(=O)c1cccnc1Cl. The van der Waals surface area contributed by atoms with E-state index in [0.29, 0.717) is 5.56 Å². The molecule has 6 heteroatoms. The number of nitriles is 1. The third-order valence-corrected chi connectivity index (χ3v) is 2.78. The van der Waals surface area contributed by atoms with E-state index in [9.17, 15) is 4.79 Å². The zero-order valence-corrected chi connectivity index (χ0v) is 11.4. The molecule has 0 atom stereocenters. The lowest BCUT2D eigenvalue weighted by Crippen LogP contribution is -2.39. The van der Waals surface area contributed by atoms with Gasteiger partial charge in [-0.05, 0) is 12.1 Å². The van der Waals surface area contributed by atoms with Gasteiger partial charge in [-0.25, -0.2) is 4.98 Å². The summed E-state index contributed by atoms with van der Waals surface area (Å²) in [6.07, 6.45) is 1.93. The highest BCUT2D eigenvalue weighted by molar-refractivity contribution is 6.32. The molecular formula is C13H17ClN4O. The van der Waals surface area contributed by atoms with Gasteiger partial charge in [-0.3, -0.25) is 4.79 Å². The number of rotatable bonds is 3. The standard InChI is InChI=1S/C9H7ClN2O.C4H10N2/c10-9-7(3-2-6-12-9)8(13)4-1-5-11;1-2-6-4-3-5-1/h2-3,6H,1,4H2;5-6H,1-4H2. The molecule has 1 aromatic rings. The molecule has 1 fully saturated rings. The molecule has 5 nitrogen and oxygen atoms in total. The molecule has 1 saturated heterocycles. The number of pyridine rings is 1. The molecule has 0 radical (unpaired) electrons. The van der Waals surface area contributed by atoms with Crippen molar-refractivity contribution in [2.75, 3.05) is 26.2 Å². The van der Waals surface area contributed by atoms with E-state index >= 15 is 0 Å². The Bertz CT molecular complexity index is 429. The fourth-order valence-electron chi connectivity index (χ4n) is 1.50. The van der Waals surface area contributed by atoms with Crippen LogP contribution in [-0.2, 0) is 0 Å². The van der Waals surface area contributed by atoms with Crippen LogP contribution in [0, 0.1) is 11.3 Å². The monoisotopic (exact) mass is 280 g/mol. The van der Waals surface area contributed by atoms with E-state index in [1.807, 2.05) is 6.07 Å². The maximum Gasteiger partial charge on any atom is 0.166 e. The van der Waals surface area contributed by atoms with Crippen molar-refractivity contribution in [3.63, 3.8) is 0 Å². The lowest BCUT2D eigenvalue weighted by Gasteiger charge is -2.11. The van der Waals surface area contributed by atoms with E-state index in [-0.39, 0.29) is 23.8 Å². The zero-order chi connectivity index (χ0) is 13.9. The molecule has 0 saturated carbocycles. The number of ketones is 1. The van der Waals surface area contributed by atoms with Crippen LogP contribution >= 0.6 is 11.6 Å². The number of piperazine rings is 1. The average molecular weight is 281 g/mol. The Balaban J connectivity index is 0.000000250. The van der Waals surface area contributed by atoms with Crippen molar-refractivity contribution in [3.8, 4) is 6.07 Å². The number of carbonyl (C=O) groups excluding carboxylic acids is 1. The second kappa shape index (κ2) is 9.45. The topological polar surface area (TPSA) is 77.8 Å². The van der Waals surface area contributed by atoms with E-state index in [1.165, 1.54) is 6.20 Å². The molecule has 102 valence electrons. The van der Waals surface area contributed by atoms with Gasteiger partial charge >= 0.3 is 0 Å². The van der Waals surface area contributed by atoms with E-state index in [2.05, 4.69) is 15.6 Å². The van der Waals surface area contributed by atoms with Gasteiger partial charge in [0.15, 0.2) is 5.78 Å². The van der Waals surface area contributed by atoms with Crippen LogP contribution in [0.3, 0.4) is 0 Å². The van der Waals surface area contributed by atoms with Gasteiger partial charge in [-0.2, -0.15) is 5.26 Å². The van der Waals surface area contributed by atoms with E-state index in [4.69, 9.17) is 16.9 Å². The fourth-order valence-corrected chi connectivity index (χ4v) is 1.73. The highest BCUT2D eigenvalue weighted by Crippen LogP contribution is 2.14. The third-order valence-electron chi connectivity index (χ3n) is 2.48. The number of nitrogens with zero attached hydrogens (tertiary/aromatic N) is 2. The third kappa shape index (κ3) is 6.30. The van der Waals surface area contributed by atoms with Crippen LogP contribution in [-0.4, -0.2) is 36.9 Å². The van der Waals surface area contributed by atoms with Crippen LogP contribution in [0.25, 0.3) is 0 Å². The fraction of sp³-hybridized carbons (Fsp3) is 0.462. The van der Waals surface area contributed by atoms with E-state index < -0.39 is 0 Å². The molecule has 0 aromatic carbocycles. The molecule has 2 heterocycles. The maximum absolute atomic E-state index is 11.3. The normalized spacial score (nSPS) is 13.9. The van der Waals surface area contributed by atoms with Gasteiger partial charge in [0.25, 0.3) is 0 Å². The van der Waals surface area contributed by atoms with Crippen molar-refractivity contribution >= 4 is 17.4 Å². The molecule has 2 N–H and O–H groups in total. The number of hydrogen-bond donors (Lipinski definition) is 2. The summed E-state index contributed by atoms with van der Waals surface area (Å²) in [5.41, 5.74) is 0.388. The number of halogens is 1. The second-order valence-corrected chi connectivity index (χ2v) is 4.28. The highest BCUT2D eigenvalue weighted by atomic mass is 35.5. The lowest BCUT2D eigenvalue weighted by atomic mass is 10.1. The van der Waals surface area contributed by atoms with Gasteiger partial charge in [0, 0.05) is 45.2 Å². The quantitative estimate of drug-likeness (QED) is 0.646. The van der Waals surface area contributed by atoms with Crippen LogP contribution in [0.1, 0.15) is 23.2 Å². The number of carbonyl (C=O) groups is 1. The van der Waals surface area contributed by atoms with Crippen LogP contribution in [0.15, 0.2) is 18.3 Å². The largest absolute Gasteiger partial charge is 0.314 e. The van der Waals surface area contributed by atoms with Gasteiger partial charge in [0.05, 0.1) is 11.6 Å². The molecule has 1 aliphatic heterocycles. The van der Waals surface area contributed by atoms with Gasteiger partial charge in [-0.15, -0.1) is 0 Å². The summed E-state index contributed by atoms with van der Waals surface area (Å²) in [5, 5.41) is 14.9. The van der Waals surface area contributed by atoms with Gasteiger partial charge in [-0.1, -0.05) is 11.6 Å². The predicted molar refractivity (Wildman–Crippen MR) is 74.2 cm³/mol. The van der Waals surface area contributed by atoms with Crippen molar-refractivity contribution in [3.05, 3.63) is 29.0 Å². The highest BCUT2D eigenvalue weighted by Gasteiger charge is 2.09. The first kappa shape index (κ1) is 15.6. The summed E-state index contributed by atoms with van der Waals surface area (Å²) < 4.78 is 0. The second-order valence-electron chi connectivity index (χ2n) is 3.92. The number of nitrogens with one attached hydrogen (secondary N) is 2. The van der Waals surface area contributed by atoms with E-state index in [1.54, 1.807) is 12.1 Å². The van der Waals surface area contributed by atoms with E-state index in [0.717, 1.165) is 26.2 Å². The first-order valence-corrected chi connectivity index (χ1v) is 6.55. The minimum atomic E-state index is -0.139. The summed E-state index contributed by atoms with van der Waals surface area (Å²) in [6.45, 7) is 4.56. The van der Waals surface area contributed by atoms with Gasteiger partial charge < -0.3 is 10.6 Å². The molecule has 0 aliphatic carbocycles. The number of Topliss-reactive ketones (excluding diaryl/α,β-unsaturated/α-hetero) is 1. The Labute approximate surface area is 118 Å². The summed E-state index contributed by atoms with van der Waals surface area (Å²) in [7, 11) is 0. The first-order chi connectivity index (χ1) is 9.25. The summed E-state index contributed by atoms with van der Waals surface area (Å²) >= 11 is 5.68. The van der Waals surface area contributed by atoms with Gasteiger partial charge in [0.2, 0.25) is 0 Å². The summed E-state index contributed by atoms with van der Waals surface area (Å²) in [5.74, 6) is -0.139. The summed E-state index contributed by atoms with van der Waals surface area (Å²) in [6, 6.07) is 5.15. The van der Waals surface area contributed by atoms with Crippen LogP contribution in [0.2, 0.25) is 5.15 Å². The zero-order valence-electron chi connectivity index (χ0n) is 10.7. The Kier molecular flexibility index (Phi) is 7.75. The van der Waals surface area contributed by atoms with Crippen molar-refractivity contribution in [1.82, 2.24) is 15.6 Å². The average Bonchev–Trinajstić information content (AvgIpc) is 2.48. The molecule has 0 amide bonds. The van der Waals surface area contributed by atoms with Crippen molar-refractivity contribution in [2.24, 2.45) is 0 Å². The lowest BCUT2D eigenvalue weighted by molar-refractivity contribution is 0.0984. The van der Waals surface area contributed by atoms with Crippen molar-refractivity contribution in [1.29, 1.82) is 5.26 Å². The Morgan fingerprint density at radius 1 is 1.37 bits per heavy atom. The first-order valence-electron chi connectivity index (χ1n) is 6.18. The minimum Gasteiger partial charge on any atom is -0.314 e. The maximum atomic E-state index is 11.3. The number of hydrogen-bond acceptors (Lipinski definition) is 5. The molecule has 2 rings (SSSR count). The predicted octanol–water partition coefficient (Wildman–Crippen LogP) is 1.40. The summed E-state index contributed by atoms with van der Waals surface area (Å²) in [4.78, 5) is 15.1. The number of aromatic nitrogens is 1. The Morgan fingerprint density at radius 3 is 2.47 bits per heavy atom. The minimum absolute atomic E-state index is 0.139.